The van der Waals surface area contributed by atoms with Crippen LogP contribution in [0.1, 0.15) is 29.4 Å². The number of carbonyl (C=O) groups excluding carboxylic acids is 2. The number of nitrogens with one attached hydrogen (secondary N) is 2. The Labute approximate surface area is 219 Å². The fourth-order valence-corrected chi connectivity index (χ4v) is 3.34. The Balaban J connectivity index is 0.000000638. The van der Waals surface area contributed by atoms with Crippen LogP contribution in [0.4, 0.5) is 13.2 Å². The van der Waals surface area contributed by atoms with Gasteiger partial charge in [-0.15, -0.1) is 0 Å². The van der Waals surface area contributed by atoms with Crippen LogP contribution in [-0.2, 0) is 20.7 Å². The Morgan fingerprint density at radius 1 is 1.13 bits per heavy atom. The van der Waals surface area contributed by atoms with Crippen molar-refractivity contribution in [3.05, 3.63) is 71.0 Å². The number of aromatic nitrogens is 3. The highest BCUT2D eigenvalue weighted by atomic mass is 35.5. The Kier molecular flexibility index (Phi) is 11.2. The van der Waals surface area contributed by atoms with Crippen LogP contribution in [-0.4, -0.2) is 68.4 Å². The molecule has 0 fully saturated rings. The number of hydrogen-bond acceptors (Lipinski definition) is 7. The van der Waals surface area contributed by atoms with E-state index in [2.05, 4.69) is 20.7 Å². The van der Waals surface area contributed by atoms with Crippen molar-refractivity contribution in [3.8, 4) is 11.1 Å². The summed E-state index contributed by atoms with van der Waals surface area (Å²) in [5.41, 5.74) is 3.04. The number of aliphatic hydroxyl groups is 1. The highest BCUT2D eigenvalue weighted by molar-refractivity contribution is 6.30. The number of hydrogen-bond donors (Lipinski definition) is 4. The van der Waals surface area contributed by atoms with Crippen LogP contribution in [0.3, 0.4) is 0 Å². The lowest BCUT2D eigenvalue weighted by Gasteiger charge is -2.21. The summed E-state index contributed by atoms with van der Waals surface area (Å²) < 4.78 is 36.6. The first-order chi connectivity index (χ1) is 17.9. The number of aliphatic hydroxyl groups excluding tert-OH is 1. The number of halogens is 4. The minimum atomic E-state index is -5.08. The van der Waals surface area contributed by atoms with E-state index in [9.17, 15) is 27.9 Å². The van der Waals surface area contributed by atoms with Crippen molar-refractivity contribution in [1.29, 1.82) is 0 Å². The lowest BCUT2D eigenvalue weighted by molar-refractivity contribution is -0.192. The molecule has 0 unspecified atom stereocenters. The predicted octanol–water partition coefficient (Wildman–Crippen LogP) is 3.41. The van der Waals surface area contributed by atoms with Crippen molar-refractivity contribution in [2.24, 2.45) is 0 Å². The summed E-state index contributed by atoms with van der Waals surface area (Å²) in [5, 5.41) is 30.5. The summed E-state index contributed by atoms with van der Waals surface area (Å²) in [4.78, 5) is 33.2. The first-order valence-electron chi connectivity index (χ1n) is 11.1. The van der Waals surface area contributed by atoms with Crippen LogP contribution in [0.5, 0.6) is 0 Å². The third kappa shape index (κ3) is 9.82. The fraction of sp³-hybridized carbons (Fsp3) is 0.292. The van der Waals surface area contributed by atoms with Crippen LogP contribution in [0.15, 0.2) is 54.7 Å². The SMILES string of the molecule is CCOC(=O)[C@H](O)C[C@@H](Cc1ccc(-c2cccc(Cl)c2)cc1)NC(=O)c1cn[nH]n1.O=C(O)C(F)(F)F. The molecule has 1 heterocycles. The number of H-pyrrole nitrogens is 1. The van der Waals surface area contributed by atoms with Gasteiger partial charge in [-0.05, 0) is 42.2 Å². The third-order valence-electron chi connectivity index (χ3n) is 4.89. The maximum Gasteiger partial charge on any atom is 0.490 e. The largest absolute Gasteiger partial charge is 0.490 e. The van der Waals surface area contributed by atoms with Gasteiger partial charge in [0.2, 0.25) is 0 Å². The fourth-order valence-electron chi connectivity index (χ4n) is 3.15. The number of alkyl halides is 3. The molecule has 3 aromatic rings. The highest BCUT2D eigenvalue weighted by Crippen LogP contribution is 2.23. The molecule has 38 heavy (non-hydrogen) atoms. The summed E-state index contributed by atoms with van der Waals surface area (Å²) in [5.74, 6) is -3.93. The summed E-state index contributed by atoms with van der Waals surface area (Å²) in [7, 11) is 0. The molecule has 4 N–H and O–H groups in total. The van der Waals surface area contributed by atoms with E-state index in [1.807, 2.05) is 48.5 Å². The highest BCUT2D eigenvalue weighted by Gasteiger charge is 2.38. The van der Waals surface area contributed by atoms with E-state index < -0.39 is 36.2 Å². The normalized spacial score (nSPS) is 12.5. The van der Waals surface area contributed by atoms with E-state index in [0.717, 1.165) is 16.7 Å². The van der Waals surface area contributed by atoms with Gasteiger partial charge in [0.15, 0.2) is 11.8 Å². The third-order valence-corrected chi connectivity index (χ3v) is 5.12. The number of esters is 1. The van der Waals surface area contributed by atoms with Gasteiger partial charge in [-0.1, -0.05) is 48.0 Å². The van der Waals surface area contributed by atoms with E-state index in [0.29, 0.717) is 11.4 Å². The Bertz CT molecular complexity index is 1210. The molecule has 2 atom stereocenters. The maximum atomic E-state index is 12.4. The van der Waals surface area contributed by atoms with Crippen LogP contribution in [0, 0.1) is 0 Å². The second-order valence-electron chi connectivity index (χ2n) is 7.74. The zero-order chi connectivity index (χ0) is 28.3. The second kappa shape index (κ2) is 14.1. The molecule has 1 aromatic heterocycles. The van der Waals surface area contributed by atoms with Gasteiger partial charge in [-0.25, -0.2) is 9.59 Å². The molecule has 2 aromatic carbocycles. The zero-order valence-corrected chi connectivity index (χ0v) is 20.7. The zero-order valence-electron chi connectivity index (χ0n) is 19.9. The van der Waals surface area contributed by atoms with E-state index in [-0.39, 0.29) is 18.7 Å². The van der Waals surface area contributed by atoms with Gasteiger partial charge in [0.25, 0.3) is 5.91 Å². The average Bonchev–Trinajstić information content (AvgIpc) is 3.40. The number of carboxylic acid groups (broad SMARTS) is 1. The molecule has 10 nitrogen and oxygen atoms in total. The van der Waals surface area contributed by atoms with Crippen LogP contribution >= 0.6 is 11.6 Å². The van der Waals surface area contributed by atoms with E-state index in [1.165, 1.54) is 6.20 Å². The lowest BCUT2D eigenvalue weighted by atomic mass is 9.97. The van der Waals surface area contributed by atoms with Crippen LogP contribution in [0.2, 0.25) is 5.02 Å². The van der Waals surface area contributed by atoms with Gasteiger partial charge in [-0.2, -0.15) is 28.6 Å². The summed E-state index contributed by atoms with van der Waals surface area (Å²) in [6.07, 6.45) is -4.74. The second-order valence-corrected chi connectivity index (χ2v) is 8.18. The molecule has 3 rings (SSSR count). The average molecular weight is 557 g/mol. The molecule has 14 heteroatoms. The number of benzene rings is 2. The summed E-state index contributed by atoms with van der Waals surface area (Å²) >= 11 is 6.07. The molecule has 0 bridgehead atoms. The van der Waals surface area contributed by atoms with Crippen LogP contribution in [0.25, 0.3) is 11.1 Å². The number of aromatic amines is 1. The molecule has 0 aliphatic heterocycles. The molecule has 0 spiro atoms. The number of carbonyl (C=O) groups is 3. The molecule has 0 aliphatic rings. The standard InChI is InChI=1S/C22H23ClN4O4.C2HF3O2/c1-2-31-22(30)20(28)12-18(25-21(29)19-13-24-27-26-19)10-14-6-8-15(9-7-14)16-4-3-5-17(23)11-16;3-2(4,5)1(6)7/h3-9,11,13,18,20,28H,2,10,12H2,1H3,(H,25,29)(H,24,26,27);(H,6,7)/t18-,20-;/m1./s1. The van der Waals surface area contributed by atoms with Gasteiger partial charge in [0.05, 0.1) is 12.8 Å². The Morgan fingerprint density at radius 2 is 1.79 bits per heavy atom. The van der Waals surface area contributed by atoms with Gasteiger partial charge in [0.1, 0.15) is 0 Å². The van der Waals surface area contributed by atoms with Crippen molar-refractivity contribution in [2.45, 2.75) is 38.1 Å². The predicted molar refractivity (Wildman–Crippen MR) is 129 cm³/mol. The number of carboxylic acids is 1. The van der Waals surface area contributed by atoms with Gasteiger partial charge >= 0.3 is 18.1 Å². The minimum Gasteiger partial charge on any atom is -0.475 e. The van der Waals surface area contributed by atoms with Crippen molar-refractivity contribution in [1.82, 2.24) is 20.7 Å². The molecule has 1 amide bonds. The first kappa shape index (κ1) is 30.3. The number of ether oxygens (including phenoxy) is 1. The molecule has 0 saturated carbocycles. The number of nitrogens with zero attached hydrogens (tertiary/aromatic N) is 2. The Morgan fingerprint density at radius 3 is 2.32 bits per heavy atom. The van der Waals surface area contributed by atoms with E-state index in [1.54, 1.807) is 6.92 Å². The monoisotopic (exact) mass is 556 g/mol. The van der Waals surface area contributed by atoms with Crippen molar-refractivity contribution >= 4 is 29.4 Å². The molecule has 204 valence electrons. The van der Waals surface area contributed by atoms with E-state index >= 15 is 0 Å². The molecular formula is C24H24ClF3N4O6. The number of aliphatic carboxylic acids is 1. The quantitative estimate of drug-likeness (QED) is 0.292. The molecule has 0 aliphatic carbocycles. The van der Waals surface area contributed by atoms with Crippen LogP contribution < -0.4 is 5.32 Å². The van der Waals surface area contributed by atoms with Crippen molar-refractivity contribution in [3.63, 3.8) is 0 Å². The maximum absolute atomic E-state index is 12.4. The minimum absolute atomic E-state index is 0.00152. The van der Waals surface area contributed by atoms with Crippen molar-refractivity contribution in [2.75, 3.05) is 6.61 Å². The molecular weight excluding hydrogens is 533 g/mol. The van der Waals surface area contributed by atoms with Crippen molar-refractivity contribution < 1.29 is 42.5 Å². The summed E-state index contributed by atoms with van der Waals surface area (Å²) in [6, 6.07) is 14.8. The molecule has 0 radical (unpaired) electrons. The van der Waals surface area contributed by atoms with E-state index in [4.69, 9.17) is 26.2 Å². The smallest absolute Gasteiger partial charge is 0.475 e. The Hall–Kier alpha value is -3.97. The first-order valence-corrected chi connectivity index (χ1v) is 11.4. The number of rotatable bonds is 9. The summed E-state index contributed by atoms with van der Waals surface area (Å²) in [6.45, 7) is 1.83. The lowest BCUT2D eigenvalue weighted by Crippen LogP contribution is -2.41. The number of amides is 1. The topological polar surface area (TPSA) is 154 Å². The van der Waals surface area contributed by atoms with Gasteiger partial charge in [0, 0.05) is 17.5 Å². The van der Waals surface area contributed by atoms with Gasteiger partial charge in [-0.3, -0.25) is 4.79 Å². The van der Waals surface area contributed by atoms with Gasteiger partial charge < -0.3 is 20.3 Å². The molecule has 0 saturated heterocycles.